The molecule has 1 amide bonds. The first kappa shape index (κ1) is 15.7. The van der Waals surface area contributed by atoms with Crippen molar-refractivity contribution in [2.24, 2.45) is 7.05 Å². The van der Waals surface area contributed by atoms with E-state index in [1.54, 1.807) is 6.20 Å². The second-order valence-corrected chi connectivity index (χ2v) is 6.04. The van der Waals surface area contributed by atoms with Crippen molar-refractivity contribution in [3.8, 4) is 11.3 Å². The summed E-state index contributed by atoms with van der Waals surface area (Å²) in [6.45, 7) is 2.44. The van der Waals surface area contributed by atoms with E-state index in [-0.39, 0.29) is 18.0 Å². The van der Waals surface area contributed by atoms with Crippen molar-refractivity contribution in [2.45, 2.75) is 31.5 Å². The van der Waals surface area contributed by atoms with Crippen LogP contribution in [0.1, 0.15) is 24.9 Å². The highest BCUT2D eigenvalue weighted by atomic mass is 16.3. The molecule has 2 aromatic rings. The molecule has 1 aliphatic rings. The van der Waals surface area contributed by atoms with Crippen LogP contribution >= 0.6 is 0 Å². The van der Waals surface area contributed by atoms with Crippen LogP contribution < -0.4 is 10.6 Å². The fourth-order valence-electron chi connectivity index (χ4n) is 2.91. The Bertz CT molecular complexity index is 680. The Morgan fingerprint density at radius 2 is 2.13 bits per heavy atom. The fraction of sp³-hybridized carbons (Fsp3) is 0.412. The molecule has 0 aliphatic carbocycles. The summed E-state index contributed by atoms with van der Waals surface area (Å²) >= 11 is 0. The molecule has 2 unspecified atom stereocenters. The van der Waals surface area contributed by atoms with Gasteiger partial charge < -0.3 is 15.7 Å². The molecule has 122 valence electrons. The van der Waals surface area contributed by atoms with E-state index >= 15 is 0 Å². The number of β-amino-alcohol motifs (C(OH)–C–C–N with tert-alkyl or cyclic N) is 1. The van der Waals surface area contributed by atoms with Crippen molar-refractivity contribution in [3.63, 3.8) is 0 Å². The highest BCUT2D eigenvalue weighted by molar-refractivity contribution is 5.82. The Morgan fingerprint density at radius 3 is 2.70 bits per heavy atom. The number of rotatable bonds is 4. The SMILES string of the molecule is CC(NC(=O)C1C[C@@H](O)CN1)c1ccc(-c2ccnn2C)cc1. The van der Waals surface area contributed by atoms with Gasteiger partial charge in [-0.3, -0.25) is 9.48 Å². The number of nitrogens with one attached hydrogen (secondary N) is 2. The van der Waals surface area contributed by atoms with Crippen molar-refractivity contribution >= 4 is 5.91 Å². The van der Waals surface area contributed by atoms with Gasteiger partial charge in [-0.2, -0.15) is 5.10 Å². The van der Waals surface area contributed by atoms with Crippen LogP contribution in [0.2, 0.25) is 0 Å². The molecule has 3 rings (SSSR count). The molecular weight excluding hydrogens is 292 g/mol. The van der Waals surface area contributed by atoms with Crippen LogP contribution in [0.15, 0.2) is 36.5 Å². The summed E-state index contributed by atoms with van der Waals surface area (Å²) in [5.74, 6) is -0.0650. The van der Waals surface area contributed by atoms with Crippen LogP contribution in [0, 0.1) is 0 Å². The number of aromatic nitrogens is 2. The highest BCUT2D eigenvalue weighted by Gasteiger charge is 2.28. The molecule has 1 aliphatic heterocycles. The zero-order chi connectivity index (χ0) is 16.4. The number of hydrogen-bond donors (Lipinski definition) is 3. The molecule has 0 spiro atoms. The van der Waals surface area contributed by atoms with Crippen LogP contribution in [-0.4, -0.2) is 39.5 Å². The smallest absolute Gasteiger partial charge is 0.237 e. The Hall–Kier alpha value is -2.18. The van der Waals surface area contributed by atoms with Gasteiger partial charge in [0.05, 0.1) is 23.9 Å². The number of aryl methyl sites for hydroxylation is 1. The first-order valence-electron chi connectivity index (χ1n) is 7.85. The average molecular weight is 314 g/mol. The molecule has 23 heavy (non-hydrogen) atoms. The van der Waals surface area contributed by atoms with Crippen molar-refractivity contribution in [1.29, 1.82) is 0 Å². The standard InChI is InChI=1S/C17H22N4O2/c1-11(20-17(23)15-9-14(22)10-18-15)12-3-5-13(6-4-12)16-7-8-19-21(16)2/h3-8,11,14-15,18,22H,9-10H2,1-2H3,(H,20,23)/t11?,14-,15?/m1/s1. The number of hydrogen-bond acceptors (Lipinski definition) is 4. The predicted molar refractivity (Wildman–Crippen MR) is 87.6 cm³/mol. The van der Waals surface area contributed by atoms with Gasteiger partial charge in [-0.05, 0) is 30.5 Å². The minimum Gasteiger partial charge on any atom is -0.392 e. The number of aliphatic hydroxyl groups is 1. The maximum absolute atomic E-state index is 12.2. The lowest BCUT2D eigenvalue weighted by Crippen LogP contribution is -2.41. The van der Waals surface area contributed by atoms with E-state index in [1.807, 2.05) is 49.0 Å². The zero-order valence-electron chi connectivity index (χ0n) is 13.4. The Labute approximate surface area is 135 Å². The molecule has 2 heterocycles. The topological polar surface area (TPSA) is 79.2 Å². The number of benzene rings is 1. The first-order valence-corrected chi connectivity index (χ1v) is 7.85. The fourth-order valence-corrected chi connectivity index (χ4v) is 2.91. The van der Waals surface area contributed by atoms with Gasteiger partial charge in [0.25, 0.3) is 0 Å². The lowest BCUT2D eigenvalue weighted by Gasteiger charge is -2.18. The second-order valence-electron chi connectivity index (χ2n) is 6.04. The summed E-state index contributed by atoms with van der Waals surface area (Å²) in [6.07, 6.45) is 1.81. The third kappa shape index (κ3) is 3.43. The zero-order valence-corrected chi connectivity index (χ0v) is 13.4. The minimum absolute atomic E-state index is 0.0650. The van der Waals surface area contributed by atoms with Crippen molar-refractivity contribution < 1.29 is 9.90 Å². The lowest BCUT2D eigenvalue weighted by molar-refractivity contribution is -0.123. The van der Waals surface area contributed by atoms with E-state index in [0.29, 0.717) is 13.0 Å². The van der Waals surface area contributed by atoms with Gasteiger partial charge >= 0.3 is 0 Å². The second kappa shape index (κ2) is 6.52. The Morgan fingerprint density at radius 1 is 1.39 bits per heavy atom. The van der Waals surface area contributed by atoms with E-state index in [1.165, 1.54) is 0 Å². The van der Waals surface area contributed by atoms with Crippen LogP contribution in [0.3, 0.4) is 0 Å². The molecule has 1 fully saturated rings. The molecule has 0 saturated carbocycles. The van der Waals surface area contributed by atoms with Crippen LogP contribution in [0.5, 0.6) is 0 Å². The summed E-state index contributed by atoms with van der Waals surface area (Å²) in [4.78, 5) is 12.2. The minimum atomic E-state index is -0.431. The third-order valence-corrected chi connectivity index (χ3v) is 4.31. The average Bonchev–Trinajstić information content (AvgIpc) is 3.16. The predicted octanol–water partition coefficient (Wildman–Crippen LogP) is 0.987. The van der Waals surface area contributed by atoms with Gasteiger partial charge in [0.1, 0.15) is 0 Å². The molecular formula is C17H22N4O2. The quantitative estimate of drug-likeness (QED) is 0.786. The molecule has 6 heteroatoms. The normalized spacial score (nSPS) is 22.0. The summed E-state index contributed by atoms with van der Waals surface area (Å²) in [5, 5.41) is 19.7. The summed E-state index contributed by atoms with van der Waals surface area (Å²) in [7, 11) is 1.91. The monoisotopic (exact) mass is 314 g/mol. The van der Waals surface area contributed by atoms with Crippen LogP contribution in [0.4, 0.5) is 0 Å². The Kier molecular flexibility index (Phi) is 4.45. The van der Waals surface area contributed by atoms with E-state index in [2.05, 4.69) is 15.7 Å². The molecule has 3 N–H and O–H groups in total. The number of aliphatic hydroxyl groups excluding tert-OH is 1. The van der Waals surface area contributed by atoms with Gasteiger partial charge in [0.15, 0.2) is 0 Å². The molecule has 1 aromatic carbocycles. The molecule has 6 nitrogen and oxygen atoms in total. The molecule has 1 saturated heterocycles. The molecule has 1 aromatic heterocycles. The van der Waals surface area contributed by atoms with E-state index in [0.717, 1.165) is 16.8 Å². The summed E-state index contributed by atoms with van der Waals surface area (Å²) in [6, 6.07) is 9.69. The summed E-state index contributed by atoms with van der Waals surface area (Å²) in [5.41, 5.74) is 3.19. The maximum atomic E-state index is 12.2. The van der Waals surface area contributed by atoms with Crippen molar-refractivity contribution in [2.75, 3.05) is 6.54 Å². The lowest BCUT2D eigenvalue weighted by atomic mass is 10.0. The highest BCUT2D eigenvalue weighted by Crippen LogP contribution is 2.21. The number of carbonyl (C=O) groups excluding carboxylic acids is 1. The van der Waals surface area contributed by atoms with E-state index < -0.39 is 6.10 Å². The van der Waals surface area contributed by atoms with Crippen molar-refractivity contribution in [3.05, 3.63) is 42.1 Å². The van der Waals surface area contributed by atoms with Gasteiger partial charge in [-0.15, -0.1) is 0 Å². The number of amides is 1. The van der Waals surface area contributed by atoms with E-state index in [9.17, 15) is 9.90 Å². The van der Waals surface area contributed by atoms with Gasteiger partial charge in [0, 0.05) is 19.8 Å². The molecule has 3 atom stereocenters. The van der Waals surface area contributed by atoms with Crippen LogP contribution in [0.25, 0.3) is 11.3 Å². The van der Waals surface area contributed by atoms with Gasteiger partial charge in [0.2, 0.25) is 5.91 Å². The third-order valence-electron chi connectivity index (χ3n) is 4.31. The van der Waals surface area contributed by atoms with Crippen LogP contribution in [-0.2, 0) is 11.8 Å². The van der Waals surface area contributed by atoms with E-state index in [4.69, 9.17) is 0 Å². The first-order chi connectivity index (χ1) is 11.0. The largest absolute Gasteiger partial charge is 0.392 e. The molecule has 0 bridgehead atoms. The van der Waals surface area contributed by atoms with Crippen molar-refractivity contribution in [1.82, 2.24) is 20.4 Å². The Balaban J connectivity index is 1.65. The van der Waals surface area contributed by atoms with Gasteiger partial charge in [-0.1, -0.05) is 24.3 Å². The number of carbonyl (C=O) groups is 1. The number of nitrogens with zero attached hydrogens (tertiary/aromatic N) is 2. The maximum Gasteiger partial charge on any atom is 0.237 e. The molecule has 0 radical (unpaired) electrons. The summed E-state index contributed by atoms with van der Waals surface area (Å²) < 4.78 is 1.83. The van der Waals surface area contributed by atoms with Gasteiger partial charge in [-0.25, -0.2) is 0 Å².